The molecule has 0 radical (unpaired) electrons. The largest absolute Gasteiger partial charge is 0.303 e. The Morgan fingerprint density at radius 2 is 2.29 bits per heavy atom. The number of aldehydes is 1. The van der Waals surface area contributed by atoms with Crippen LogP contribution in [0.4, 0.5) is 0 Å². The Bertz CT molecular complexity index is 287. The third kappa shape index (κ3) is 4.15. The van der Waals surface area contributed by atoms with Gasteiger partial charge in [-0.2, -0.15) is 0 Å². The first-order chi connectivity index (χ1) is 6.64. The lowest BCUT2D eigenvalue weighted by Gasteiger charge is -2.19. The SMILES string of the molecule is CC(C)(CC=O)SSc1ccccn1. The molecule has 0 saturated carbocycles. The van der Waals surface area contributed by atoms with Crippen LogP contribution in [0.5, 0.6) is 0 Å². The highest BCUT2D eigenvalue weighted by molar-refractivity contribution is 8.77. The smallest absolute Gasteiger partial charge is 0.121 e. The van der Waals surface area contributed by atoms with Crippen LogP contribution >= 0.6 is 21.6 Å². The van der Waals surface area contributed by atoms with Crippen LogP contribution in [0.15, 0.2) is 29.4 Å². The number of carbonyl (C=O) groups excluding carboxylic acids is 1. The molecule has 4 heteroatoms. The number of pyridine rings is 1. The van der Waals surface area contributed by atoms with E-state index in [1.54, 1.807) is 27.8 Å². The maximum atomic E-state index is 10.4. The number of nitrogens with zero attached hydrogens (tertiary/aromatic N) is 1. The summed E-state index contributed by atoms with van der Waals surface area (Å²) < 4.78 is -0.0239. The molecule has 1 aromatic heterocycles. The Balaban J connectivity index is 2.44. The maximum absolute atomic E-state index is 10.4. The fourth-order valence-corrected chi connectivity index (χ4v) is 2.90. The average Bonchev–Trinajstić information content (AvgIpc) is 2.17. The zero-order valence-electron chi connectivity index (χ0n) is 8.27. The van der Waals surface area contributed by atoms with Crippen LogP contribution in [-0.2, 0) is 4.79 Å². The highest BCUT2D eigenvalue weighted by atomic mass is 33.1. The van der Waals surface area contributed by atoms with Crippen molar-refractivity contribution in [3.05, 3.63) is 24.4 Å². The molecule has 0 amide bonds. The number of hydrogen-bond donors (Lipinski definition) is 0. The van der Waals surface area contributed by atoms with Crippen molar-refractivity contribution in [2.75, 3.05) is 0 Å². The predicted octanol–water partition coefficient (Wildman–Crippen LogP) is 3.19. The molecule has 0 aromatic carbocycles. The van der Waals surface area contributed by atoms with Crippen molar-refractivity contribution in [3.8, 4) is 0 Å². The molecule has 1 aromatic rings. The van der Waals surface area contributed by atoms with Gasteiger partial charge in [-0.15, -0.1) is 0 Å². The van der Waals surface area contributed by atoms with Crippen LogP contribution in [0.3, 0.4) is 0 Å². The molecule has 1 rings (SSSR count). The van der Waals surface area contributed by atoms with Crippen LogP contribution in [0.2, 0.25) is 0 Å². The molecule has 0 unspecified atom stereocenters. The van der Waals surface area contributed by atoms with Crippen LogP contribution < -0.4 is 0 Å². The molecule has 0 aliphatic rings. The van der Waals surface area contributed by atoms with E-state index >= 15 is 0 Å². The highest BCUT2D eigenvalue weighted by Gasteiger charge is 2.18. The van der Waals surface area contributed by atoms with Gasteiger partial charge in [0.15, 0.2) is 0 Å². The average molecular weight is 227 g/mol. The van der Waals surface area contributed by atoms with Gasteiger partial charge in [0.05, 0.1) is 0 Å². The zero-order valence-corrected chi connectivity index (χ0v) is 9.90. The van der Waals surface area contributed by atoms with Gasteiger partial charge >= 0.3 is 0 Å². The fraction of sp³-hybridized carbons (Fsp3) is 0.400. The first-order valence-corrected chi connectivity index (χ1v) is 6.49. The topological polar surface area (TPSA) is 30.0 Å². The monoisotopic (exact) mass is 227 g/mol. The number of hydrogen-bond acceptors (Lipinski definition) is 4. The van der Waals surface area contributed by atoms with E-state index in [1.807, 2.05) is 18.2 Å². The Hall–Kier alpha value is -0.480. The first-order valence-electron chi connectivity index (χ1n) is 4.34. The van der Waals surface area contributed by atoms with Gasteiger partial charge in [0.1, 0.15) is 11.3 Å². The Labute approximate surface area is 92.3 Å². The maximum Gasteiger partial charge on any atom is 0.121 e. The summed E-state index contributed by atoms with van der Waals surface area (Å²) >= 11 is 0. The Morgan fingerprint density at radius 3 is 2.86 bits per heavy atom. The summed E-state index contributed by atoms with van der Waals surface area (Å²) in [5.74, 6) is 0. The third-order valence-electron chi connectivity index (χ3n) is 1.57. The molecule has 76 valence electrons. The van der Waals surface area contributed by atoms with Crippen molar-refractivity contribution in [2.45, 2.75) is 30.0 Å². The van der Waals surface area contributed by atoms with E-state index in [4.69, 9.17) is 0 Å². The van der Waals surface area contributed by atoms with Crippen LogP contribution in [0, 0.1) is 0 Å². The molecule has 1 heterocycles. The quantitative estimate of drug-likeness (QED) is 0.571. The van der Waals surface area contributed by atoms with Gasteiger partial charge in [-0.1, -0.05) is 16.9 Å². The fourth-order valence-electron chi connectivity index (χ4n) is 0.787. The molecule has 0 saturated heterocycles. The lowest BCUT2D eigenvalue weighted by atomic mass is 10.1. The molecular weight excluding hydrogens is 214 g/mol. The second-order valence-corrected chi connectivity index (χ2v) is 6.32. The minimum atomic E-state index is -0.0239. The first kappa shape index (κ1) is 11.6. The number of rotatable bonds is 5. The van der Waals surface area contributed by atoms with E-state index in [-0.39, 0.29) is 4.75 Å². The minimum Gasteiger partial charge on any atom is -0.303 e. The van der Waals surface area contributed by atoms with Crippen molar-refractivity contribution >= 4 is 27.9 Å². The molecule has 0 N–H and O–H groups in total. The summed E-state index contributed by atoms with van der Waals surface area (Å²) in [6, 6.07) is 5.82. The molecule has 0 aliphatic heterocycles. The molecule has 14 heavy (non-hydrogen) atoms. The van der Waals surface area contributed by atoms with Crippen molar-refractivity contribution in [2.24, 2.45) is 0 Å². The molecule has 0 spiro atoms. The van der Waals surface area contributed by atoms with Gasteiger partial charge in [0.2, 0.25) is 0 Å². The minimum absolute atomic E-state index is 0.0239. The molecule has 2 nitrogen and oxygen atoms in total. The van der Waals surface area contributed by atoms with Crippen LogP contribution in [0.25, 0.3) is 0 Å². The van der Waals surface area contributed by atoms with E-state index in [2.05, 4.69) is 18.8 Å². The lowest BCUT2D eigenvalue weighted by Crippen LogP contribution is -2.13. The summed E-state index contributed by atoms with van der Waals surface area (Å²) in [4.78, 5) is 14.6. The van der Waals surface area contributed by atoms with Crippen LogP contribution in [-0.4, -0.2) is 16.0 Å². The third-order valence-corrected chi connectivity index (χ3v) is 4.79. The summed E-state index contributed by atoms with van der Waals surface area (Å²) in [5, 5.41) is 0.983. The van der Waals surface area contributed by atoms with Gasteiger partial charge in [0, 0.05) is 17.4 Å². The van der Waals surface area contributed by atoms with E-state index in [9.17, 15) is 4.79 Å². The Kier molecular flexibility index (Phi) is 4.48. The van der Waals surface area contributed by atoms with Gasteiger partial charge < -0.3 is 4.79 Å². The summed E-state index contributed by atoms with van der Waals surface area (Å²) in [6.07, 6.45) is 3.30. The van der Waals surface area contributed by atoms with Gasteiger partial charge in [0.25, 0.3) is 0 Å². The van der Waals surface area contributed by atoms with Gasteiger partial charge in [-0.25, -0.2) is 4.98 Å². The highest BCUT2D eigenvalue weighted by Crippen LogP contribution is 2.40. The van der Waals surface area contributed by atoms with Crippen molar-refractivity contribution < 1.29 is 4.79 Å². The van der Waals surface area contributed by atoms with Crippen molar-refractivity contribution in [3.63, 3.8) is 0 Å². The number of carbonyl (C=O) groups is 1. The van der Waals surface area contributed by atoms with Gasteiger partial charge in [-0.3, -0.25) is 0 Å². The molecule has 0 aliphatic carbocycles. The molecule has 0 fully saturated rings. The normalized spacial score (nSPS) is 11.3. The predicted molar refractivity (Wildman–Crippen MR) is 62.4 cm³/mol. The van der Waals surface area contributed by atoms with Crippen LogP contribution in [0.1, 0.15) is 20.3 Å². The summed E-state index contributed by atoms with van der Waals surface area (Å²) in [6.45, 7) is 4.12. The lowest BCUT2D eigenvalue weighted by molar-refractivity contribution is -0.108. The zero-order chi connectivity index (χ0) is 10.4. The second-order valence-electron chi connectivity index (χ2n) is 3.47. The Morgan fingerprint density at radius 1 is 1.50 bits per heavy atom. The second kappa shape index (κ2) is 5.41. The summed E-state index contributed by atoms with van der Waals surface area (Å²) in [7, 11) is 3.29. The van der Waals surface area contributed by atoms with Crippen molar-refractivity contribution in [1.29, 1.82) is 0 Å². The molecule has 0 atom stereocenters. The molecule has 0 bridgehead atoms. The van der Waals surface area contributed by atoms with E-state index in [0.29, 0.717) is 6.42 Å². The van der Waals surface area contributed by atoms with Gasteiger partial charge in [-0.05, 0) is 36.8 Å². The van der Waals surface area contributed by atoms with Crippen molar-refractivity contribution in [1.82, 2.24) is 4.98 Å². The van der Waals surface area contributed by atoms with E-state index in [1.165, 1.54) is 0 Å². The summed E-state index contributed by atoms with van der Waals surface area (Å²) in [5.41, 5.74) is 0. The molecular formula is C10H13NOS2. The standard InChI is InChI=1S/C10H13NOS2/c1-10(2,6-8-12)14-13-9-5-3-4-7-11-9/h3-5,7-8H,6H2,1-2H3. The van der Waals surface area contributed by atoms with E-state index < -0.39 is 0 Å². The number of aromatic nitrogens is 1. The van der Waals surface area contributed by atoms with E-state index in [0.717, 1.165) is 11.3 Å².